The third kappa shape index (κ3) is 3.53. The number of carbonyl (C=O) groups excluding carboxylic acids is 1. The molecule has 0 unspecified atom stereocenters. The van der Waals surface area contributed by atoms with Crippen molar-refractivity contribution in [2.45, 2.75) is 69.0 Å². The molecule has 0 bridgehead atoms. The van der Waals surface area contributed by atoms with E-state index in [4.69, 9.17) is 28.9 Å². The molecule has 2 N–H and O–H groups in total. The highest BCUT2D eigenvalue weighted by atomic mass is 16.8. The summed E-state index contributed by atoms with van der Waals surface area (Å²) in [5.41, 5.74) is 0.317. The molecule has 11 nitrogen and oxygen atoms in total. The number of hydrogen-bond donors (Lipinski definition) is 2. The second-order valence-corrected chi connectivity index (χ2v) is 7.89. The number of rotatable bonds is 6. The van der Waals surface area contributed by atoms with Crippen LogP contribution in [0.15, 0.2) is 17.1 Å². The Morgan fingerprint density at radius 2 is 2.10 bits per heavy atom. The number of fused-ring (bicyclic) bond motifs is 1. The Labute approximate surface area is 166 Å². The van der Waals surface area contributed by atoms with E-state index in [0.717, 1.165) is 6.42 Å². The molecule has 0 amide bonds. The van der Waals surface area contributed by atoms with Gasteiger partial charge in [0.1, 0.15) is 24.9 Å². The smallest absolute Gasteiger partial charge is 0.351 e. The molecule has 2 aliphatic heterocycles. The first-order chi connectivity index (χ1) is 13.8. The minimum atomic E-state index is -0.884. The van der Waals surface area contributed by atoms with Gasteiger partial charge >= 0.3 is 11.7 Å². The molecular formula is C18H25N3O8. The maximum absolute atomic E-state index is 12.5. The Morgan fingerprint density at radius 3 is 2.69 bits per heavy atom. The average molecular weight is 411 g/mol. The predicted molar refractivity (Wildman–Crippen MR) is 96.2 cm³/mol. The van der Waals surface area contributed by atoms with Gasteiger partial charge in [-0.25, -0.2) is 9.59 Å². The van der Waals surface area contributed by atoms with Crippen LogP contribution in [0, 0.1) is 0 Å². The first-order valence-electron chi connectivity index (χ1n) is 9.51. The van der Waals surface area contributed by atoms with Crippen LogP contribution in [0.25, 0.3) is 0 Å². The minimum absolute atomic E-state index is 0.0144. The van der Waals surface area contributed by atoms with E-state index in [0.29, 0.717) is 12.8 Å². The maximum Gasteiger partial charge on any atom is 0.351 e. The Hall–Kier alpha value is -2.05. The van der Waals surface area contributed by atoms with E-state index in [1.165, 1.54) is 23.9 Å². The summed E-state index contributed by atoms with van der Waals surface area (Å²) in [6.07, 6.45) is 1.02. The summed E-state index contributed by atoms with van der Waals surface area (Å²) >= 11 is 0. The van der Waals surface area contributed by atoms with Gasteiger partial charge in [0.2, 0.25) is 0 Å². The van der Waals surface area contributed by atoms with Gasteiger partial charge in [0.05, 0.1) is 0 Å². The van der Waals surface area contributed by atoms with Crippen molar-refractivity contribution in [3.63, 3.8) is 0 Å². The third-order valence-corrected chi connectivity index (χ3v) is 5.65. The second kappa shape index (κ2) is 7.33. The highest BCUT2D eigenvalue weighted by Crippen LogP contribution is 2.43. The number of methoxy groups -OCH3 is 1. The monoisotopic (exact) mass is 411 g/mol. The van der Waals surface area contributed by atoms with Crippen LogP contribution in [0.2, 0.25) is 0 Å². The van der Waals surface area contributed by atoms with Gasteiger partial charge < -0.3 is 23.7 Å². The molecule has 4 rings (SSSR count). The van der Waals surface area contributed by atoms with E-state index in [1.807, 2.05) is 5.48 Å². The molecule has 0 spiro atoms. The molecule has 11 heteroatoms. The van der Waals surface area contributed by atoms with Crippen molar-refractivity contribution in [2.24, 2.45) is 0 Å². The number of ether oxygens (including phenoxy) is 5. The molecule has 4 atom stereocenters. The topological polar surface area (TPSA) is 130 Å². The van der Waals surface area contributed by atoms with E-state index < -0.39 is 47.6 Å². The Morgan fingerprint density at radius 1 is 1.38 bits per heavy atom. The van der Waals surface area contributed by atoms with Crippen LogP contribution in [-0.4, -0.2) is 64.1 Å². The highest BCUT2D eigenvalue weighted by molar-refractivity contribution is 5.80. The summed E-state index contributed by atoms with van der Waals surface area (Å²) in [5, 5.41) is 8.92. The molecule has 3 aliphatic rings. The molecule has 0 aromatic carbocycles. The normalized spacial score (nSPS) is 31.7. The van der Waals surface area contributed by atoms with E-state index >= 15 is 0 Å². The van der Waals surface area contributed by atoms with Gasteiger partial charge in [-0.1, -0.05) is 0 Å². The molecule has 1 aromatic rings. The Balaban J connectivity index is 1.52. The number of nitrogens with one attached hydrogen (secondary N) is 1. The maximum atomic E-state index is 12.5. The van der Waals surface area contributed by atoms with Gasteiger partial charge in [0, 0.05) is 13.3 Å². The Kier molecular flexibility index (Phi) is 5.11. The van der Waals surface area contributed by atoms with E-state index in [9.17, 15) is 9.59 Å². The summed E-state index contributed by atoms with van der Waals surface area (Å²) in [6, 6.07) is 1.42. The zero-order chi connectivity index (χ0) is 20.8. The number of carbonyl (C=O) groups is 1. The lowest BCUT2D eigenvalue weighted by atomic mass is 9.80. The fourth-order valence-electron chi connectivity index (χ4n) is 3.96. The van der Waals surface area contributed by atoms with Crippen LogP contribution in [0.5, 0.6) is 0 Å². The van der Waals surface area contributed by atoms with Crippen molar-refractivity contribution < 1.29 is 33.7 Å². The average Bonchev–Trinajstić information content (AvgIpc) is 3.12. The van der Waals surface area contributed by atoms with Crippen molar-refractivity contribution >= 4 is 11.8 Å². The van der Waals surface area contributed by atoms with Gasteiger partial charge in [-0.2, -0.15) is 4.98 Å². The number of nitrogens with zero attached hydrogens (tertiary/aromatic N) is 2. The summed E-state index contributed by atoms with van der Waals surface area (Å²) in [7, 11) is 1.50. The highest BCUT2D eigenvalue weighted by Gasteiger charge is 2.57. The zero-order valence-corrected chi connectivity index (χ0v) is 16.5. The van der Waals surface area contributed by atoms with Crippen LogP contribution in [0.3, 0.4) is 0 Å². The third-order valence-electron chi connectivity index (χ3n) is 5.65. The zero-order valence-electron chi connectivity index (χ0n) is 16.5. The molecule has 1 aliphatic carbocycles. The van der Waals surface area contributed by atoms with Crippen LogP contribution in [-0.2, 0) is 28.5 Å². The van der Waals surface area contributed by atoms with Crippen molar-refractivity contribution in [3.05, 3.63) is 22.7 Å². The molecule has 1 aromatic heterocycles. The fourth-order valence-corrected chi connectivity index (χ4v) is 3.96. The molecule has 160 valence electrons. The fraction of sp³-hybridized carbons (Fsp3) is 0.722. The molecule has 2 saturated heterocycles. The number of hydrogen-bond acceptors (Lipinski definition) is 10. The van der Waals surface area contributed by atoms with Crippen LogP contribution in [0.4, 0.5) is 5.82 Å². The molecular weight excluding hydrogens is 386 g/mol. The lowest BCUT2D eigenvalue weighted by Gasteiger charge is -2.37. The summed E-state index contributed by atoms with van der Waals surface area (Å²) in [6.45, 7) is 3.47. The molecule has 3 heterocycles. The first-order valence-corrected chi connectivity index (χ1v) is 9.51. The van der Waals surface area contributed by atoms with E-state index in [-0.39, 0.29) is 12.4 Å². The van der Waals surface area contributed by atoms with Gasteiger partial charge in [-0.15, -0.1) is 0 Å². The SMILES string of the molecule is COC1(C(=O)OC[C@H]2O[C@@H](n3ccc(NO)nc3=O)[C@@H]3OC(C)(C)O[C@@H]32)CCC1. The van der Waals surface area contributed by atoms with Gasteiger partial charge in [-0.3, -0.25) is 15.3 Å². The molecule has 29 heavy (non-hydrogen) atoms. The summed E-state index contributed by atoms with van der Waals surface area (Å²) in [4.78, 5) is 28.5. The van der Waals surface area contributed by atoms with Gasteiger partial charge in [0.25, 0.3) is 0 Å². The van der Waals surface area contributed by atoms with Crippen LogP contribution < -0.4 is 11.2 Å². The standard InChI is InChI=1S/C18H25N3O8/c1-17(2)28-12-10(9-26-15(22)18(25-3)6-4-7-18)27-14(13(12)29-17)21-8-5-11(20-24)19-16(21)23/h5,8,10,12-14,24H,4,6-7,9H2,1-3H3,(H,19,20,23)/t10-,12-,13-,14-/m1/s1. The van der Waals surface area contributed by atoms with E-state index in [1.54, 1.807) is 13.8 Å². The van der Waals surface area contributed by atoms with Gasteiger partial charge in [-0.05, 0) is 39.2 Å². The first kappa shape index (κ1) is 20.2. The van der Waals surface area contributed by atoms with Crippen molar-refractivity contribution in [1.82, 2.24) is 9.55 Å². The van der Waals surface area contributed by atoms with Crippen molar-refractivity contribution in [2.75, 3.05) is 19.2 Å². The quantitative estimate of drug-likeness (QED) is 0.506. The van der Waals surface area contributed by atoms with Crippen LogP contribution >= 0.6 is 0 Å². The minimum Gasteiger partial charge on any atom is -0.461 e. The lowest BCUT2D eigenvalue weighted by Crippen LogP contribution is -2.49. The number of esters is 1. The molecule has 1 saturated carbocycles. The largest absolute Gasteiger partial charge is 0.461 e. The van der Waals surface area contributed by atoms with Crippen LogP contribution in [0.1, 0.15) is 39.3 Å². The molecule has 3 fully saturated rings. The second-order valence-electron chi connectivity index (χ2n) is 7.89. The lowest BCUT2D eigenvalue weighted by molar-refractivity contribution is -0.208. The van der Waals surface area contributed by atoms with Crippen molar-refractivity contribution in [1.29, 1.82) is 0 Å². The number of aromatic nitrogens is 2. The van der Waals surface area contributed by atoms with Gasteiger partial charge in [0.15, 0.2) is 23.4 Å². The van der Waals surface area contributed by atoms with Crippen molar-refractivity contribution in [3.8, 4) is 0 Å². The Bertz CT molecular complexity index is 831. The van der Waals surface area contributed by atoms with E-state index in [2.05, 4.69) is 4.98 Å². The summed E-state index contributed by atoms with van der Waals surface area (Å²) in [5.74, 6) is -1.30. The number of anilines is 1. The molecule has 0 radical (unpaired) electrons. The predicted octanol–water partition coefficient (Wildman–Crippen LogP) is 0.574. The summed E-state index contributed by atoms with van der Waals surface area (Å²) < 4.78 is 30.0.